The Bertz CT molecular complexity index is 524. The minimum atomic E-state index is -0.464. The minimum absolute atomic E-state index is 0.253. The monoisotopic (exact) mass is 326 g/mol. The molecule has 124 valence electrons. The van der Waals surface area contributed by atoms with Crippen LogP contribution >= 0.6 is 11.3 Å². The van der Waals surface area contributed by atoms with Gasteiger partial charge < -0.3 is 14.4 Å². The van der Waals surface area contributed by atoms with E-state index >= 15 is 0 Å². The van der Waals surface area contributed by atoms with Gasteiger partial charge in [-0.25, -0.2) is 9.78 Å². The maximum absolute atomic E-state index is 12.2. The number of nitrogens with zero attached hydrogens (tertiary/aromatic N) is 2. The van der Waals surface area contributed by atoms with Crippen LogP contribution in [0.2, 0.25) is 0 Å². The third-order valence-corrected chi connectivity index (χ3v) is 4.72. The highest BCUT2D eigenvalue weighted by Crippen LogP contribution is 2.31. The van der Waals surface area contributed by atoms with Gasteiger partial charge in [0, 0.05) is 17.6 Å². The molecule has 0 aliphatic carbocycles. The van der Waals surface area contributed by atoms with Crippen molar-refractivity contribution in [3.05, 3.63) is 16.1 Å². The fourth-order valence-electron chi connectivity index (χ4n) is 2.52. The van der Waals surface area contributed by atoms with E-state index in [1.54, 1.807) is 16.2 Å². The van der Waals surface area contributed by atoms with Gasteiger partial charge in [0.05, 0.1) is 18.8 Å². The maximum Gasteiger partial charge on any atom is 0.410 e. The minimum Gasteiger partial charge on any atom is -0.444 e. The fraction of sp³-hybridized carbons (Fsp3) is 0.750. The first-order chi connectivity index (χ1) is 10.2. The molecule has 6 heteroatoms. The van der Waals surface area contributed by atoms with Crippen LogP contribution in [0.15, 0.2) is 5.38 Å². The van der Waals surface area contributed by atoms with Crippen molar-refractivity contribution in [2.45, 2.75) is 65.3 Å². The summed E-state index contributed by atoms with van der Waals surface area (Å²) in [7, 11) is 0. The summed E-state index contributed by atoms with van der Waals surface area (Å²) >= 11 is 1.62. The van der Waals surface area contributed by atoms with Crippen LogP contribution in [0.25, 0.3) is 0 Å². The molecule has 1 unspecified atom stereocenters. The van der Waals surface area contributed by atoms with Crippen molar-refractivity contribution < 1.29 is 14.3 Å². The van der Waals surface area contributed by atoms with E-state index in [9.17, 15) is 4.79 Å². The molecule has 2 rings (SSSR count). The fourth-order valence-corrected chi connectivity index (χ4v) is 3.20. The van der Waals surface area contributed by atoms with Gasteiger partial charge in [-0.2, -0.15) is 0 Å². The van der Waals surface area contributed by atoms with Crippen LogP contribution in [0.3, 0.4) is 0 Å². The third-order valence-electron chi connectivity index (χ3n) is 3.78. The number of carbonyl (C=O) groups is 1. The number of hydrogen-bond donors (Lipinski definition) is 0. The number of thiazole rings is 1. The average molecular weight is 326 g/mol. The quantitative estimate of drug-likeness (QED) is 0.845. The molecule has 22 heavy (non-hydrogen) atoms. The maximum atomic E-state index is 12.2. The van der Waals surface area contributed by atoms with Crippen LogP contribution in [0.4, 0.5) is 4.79 Å². The van der Waals surface area contributed by atoms with Crippen molar-refractivity contribution in [2.75, 3.05) is 13.1 Å². The number of aryl methyl sites for hydroxylation is 1. The molecule has 1 atom stereocenters. The number of hydrogen-bond acceptors (Lipinski definition) is 5. The lowest BCUT2D eigenvalue weighted by Crippen LogP contribution is -2.40. The summed E-state index contributed by atoms with van der Waals surface area (Å²) in [4.78, 5) is 18.4. The van der Waals surface area contributed by atoms with E-state index in [-0.39, 0.29) is 11.7 Å². The Balaban J connectivity index is 1.93. The molecular formula is C16H26N2O3S. The summed E-state index contributed by atoms with van der Waals surface area (Å²) in [5.41, 5.74) is 0.278. The summed E-state index contributed by atoms with van der Waals surface area (Å²) in [6.45, 7) is 11.5. The van der Waals surface area contributed by atoms with Gasteiger partial charge in [-0.1, -0.05) is 6.92 Å². The standard InChI is InChI=1S/C16H26N2O3S/c1-6-16(20-9-13-17-12(2)10-22-13)7-8-18(11-16)14(19)21-15(3,4)5/h10H,6-9,11H2,1-5H3. The van der Waals surface area contributed by atoms with Gasteiger partial charge >= 0.3 is 6.09 Å². The van der Waals surface area contributed by atoms with E-state index in [4.69, 9.17) is 9.47 Å². The second-order valence-corrected chi connectivity index (χ2v) is 7.80. The second kappa shape index (κ2) is 6.54. The Morgan fingerprint density at radius 2 is 2.23 bits per heavy atom. The molecular weight excluding hydrogens is 300 g/mol. The normalized spacial score (nSPS) is 22.1. The predicted octanol–water partition coefficient (Wildman–Crippen LogP) is 3.76. The Kier molecular flexibility index (Phi) is 5.12. The zero-order valence-corrected chi connectivity index (χ0v) is 15.0. The molecule has 5 nitrogen and oxygen atoms in total. The molecule has 0 aromatic carbocycles. The first-order valence-electron chi connectivity index (χ1n) is 7.76. The van der Waals surface area contributed by atoms with Crippen LogP contribution in [-0.2, 0) is 16.1 Å². The Labute approximate surface area is 136 Å². The topological polar surface area (TPSA) is 51.7 Å². The Morgan fingerprint density at radius 1 is 1.50 bits per heavy atom. The number of likely N-dealkylation sites (tertiary alicyclic amines) is 1. The predicted molar refractivity (Wildman–Crippen MR) is 87.1 cm³/mol. The van der Waals surface area contributed by atoms with E-state index in [1.807, 2.05) is 33.1 Å². The highest BCUT2D eigenvalue weighted by molar-refractivity contribution is 7.09. The SMILES string of the molecule is CCC1(OCc2nc(C)cs2)CCN(C(=O)OC(C)(C)C)C1. The molecule has 1 fully saturated rings. The molecule has 1 aromatic heterocycles. The van der Waals surface area contributed by atoms with Crippen LogP contribution in [0, 0.1) is 6.92 Å². The van der Waals surface area contributed by atoms with E-state index in [0.717, 1.165) is 23.5 Å². The first kappa shape index (κ1) is 17.2. The van der Waals surface area contributed by atoms with E-state index < -0.39 is 5.60 Å². The van der Waals surface area contributed by atoms with Gasteiger partial charge in [-0.15, -0.1) is 11.3 Å². The van der Waals surface area contributed by atoms with Crippen molar-refractivity contribution in [3.63, 3.8) is 0 Å². The average Bonchev–Trinajstić information content (AvgIpc) is 3.02. The van der Waals surface area contributed by atoms with E-state index in [0.29, 0.717) is 19.7 Å². The largest absolute Gasteiger partial charge is 0.444 e. The molecule has 0 N–H and O–H groups in total. The van der Waals surface area contributed by atoms with Crippen molar-refractivity contribution in [1.82, 2.24) is 9.88 Å². The van der Waals surface area contributed by atoms with Crippen molar-refractivity contribution >= 4 is 17.4 Å². The van der Waals surface area contributed by atoms with Crippen LogP contribution in [0.1, 0.15) is 51.2 Å². The Hall–Kier alpha value is -1.14. The zero-order valence-electron chi connectivity index (χ0n) is 14.1. The van der Waals surface area contributed by atoms with Crippen LogP contribution in [-0.4, -0.2) is 40.3 Å². The number of ether oxygens (including phenoxy) is 2. The Morgan fingerprint density at radius 3 is 2.77 bits per heavy atom. The van der Waals surface area contributed by atoms with E-state index in [1.165, 1.54) is 0 Å². The summed E-state index contributed by atoms with van der Waals surface area (Å²) in [6.07, 6.45) is 1.46. The molecule has 1 aliphatic rings. The molecule has 2 heterocycles. The summed E-state index contributed by atoms with van der Waals surface area (Å²) in [5.74, 6) is 0. The summed E-state index contributed by atoms with van der Waals surface area (Å²) in [5, 5.41) is 3.01. The van der Waals surface area contributed by atoms with Gasteiger partial charge in [0.25, 0.3) is 0 Å². The lowest BCUT2D eigenvalue weighted by Gasteiger charge is -2.29. The van der Waals surface area contributed by atoms with Gasteiger partial charge in [-0.3, -0.25) is 0 Å². The van der Waals surface area contributed by atoms with Crippen molar-refractivity contribution in [3.8, 4) is 0 Å². The van der Waals surface area contributed by atoms with Gasteiger partial charge in [0.2, 0.25) is 0 Å². The summed E-state index contributed by atoms with van der Waals surface area (Å²) in [6, 6.07) is 0. The lowest BCUT2D eigenvalue weighted by atomic mass is 10.00. The molecule has 1 amide bonds. The number of carbonyl (C=O) groups excluding carboxylic acids is 1. The second-order valence-electron chi connectivity index (χ2n) is 6.86. The first-order valence-corrected chi connectivity index (χ1v) is 8.64. The molecule has 0 spiro atoms. The van der Waals surface area contributed by atoms with Crippen LogP contribution in [0.5, 0.6) is 0 Å². The third kappa shape index (κ3) is 4.43. The number of aromatic nitrogens is 1. The lowest BCUT2D eigenvalue weighted by molar-refractivity contribution is -0.0528. The van der Waals surface area contributed by atoms with Gasteiger partial charge in [0.1, 0.15) is 10.6 Å². The van der Waals surface area contributed by atoms with Gasteiger partial charge in [0.15, 0.2) is 0 Å². The van der Waals surface area contributed by atoms with Crippen LogP contribution < -0.4 is 0 Å². The molecule has 1 aromatic rings. The van der Waals surface area contributed by atoms with Gasteiger partial charge in [-0.05, 0) is 40.5 Å². The zero-order chi connectivity index (χ0) is 16.4. The van der Waals surface area contributed by atoms with Crippen molar-refractivity contribution in [2.24, 2.45) is 0 Å². The number of amides is 1. The smallest absolute Gasteiger partial charge is 0.410 e. The molecule has 0 saturated carbocycles. The molecule has 1 saturated heterocycles. The number of rotatable bonds is 4. The highest BCUT2D eigenvalue weighted by Gasteiger charge is 2.41. The van der Waals surface area contributed by atoms with E-state index in [2.05, 4.69) is 11.9 Å². The molecule has 0 radical (unpaired) electrons. The summed E-state index contributed by atoms with van der Waals surface area (Å²) < 4.78 is 11.6. The highest BCUT2D eigenvalue weighted by atomic mass is 32.1. The molecule has 0 bridgehead atoms. The van der Waals surface area contributed by atoms with Crippen molar-refractivity contribution in [1.29, 1.82) is 0 Å². The molecule has 1 aliphatic heterocycles.